The molecule has 2 aromatic rings. The van der Waals surface area contributed by atoms with Crippen LogP contribution in [0.4, 0.5) is 5.82 Å². The van der Waals surface area contributed by atoms with Gasteiger partial charge in [-0.25, -0.2) is 9.97 Å². The number of rotatable bonds is 4. The molecule has 3 nitrogen and oxygen atoms in total. The summed E-state index contributed by atoms with van der Waals surface area (Å²) in [4.78, 5) is 9.97. The van der Waals surface area contributed by atoms with E-state index in [-0.39, 0.29) is 0 Å². The number of anilines is 1. The Kier molecular flexibility index (Phi) is 4.60. The van der Waals surface area contributed by atoms with E-state index in [9.17, 15) is 0 Å². The lowest BCUT2D eigenvalue weighted by Gasteiger charge is -2.05. The number of benzene rings is 1. The predicted molar refractivity (Wildman–Crippen MR) is 80.0 cm³/mol. The first-order valence-corrected chi connectivity index (χ1v) is 7.35. The fourth-order valence-corrected chi connectivity index (χ4v) is 2.58. The molecule has 0 aliphatic carbocycles. The summed E-state index contributed by atoms with van der Waals surface area (Å²) in [5.74, 6) is 2.42. The molecule has 0 radical (unpaired) electrons. The third-order valence-corrected chi connectivity index (χ3v) is 4.01. The molecule has 0 aliphatic heterocycles. The van der Waals surface area contributed by atoms with Gasteiger partial charge in [0.15, 0.2) is 0 Å². The Bertz CT molecular complexity index is 528. The third-order valence-electron chi connectivity index (χ3n) is 2.42. The topological polar surface area (TPSA) is 37.8 Å². The second-order valence-electron chi connectivity index (χ2n) is 3.83. The summed E-state index contributed by atoms with van der Waals surface area (Å²) >= 11 is 5.14. The van der Waals surface area contributed by atoms with Gasteiger partial charge in [-0.3, -0.25) is 0 Å². The van der Waals surface area contributed by atoms with Gasteiger partial charge in [-0.15, -0.1) is 11.8 Å². The molecule has 0 aliphatic rings. The summed E-state index contributed by atoms with van der Waals surface area (Å²) in [6.45, 7) is 2.09. The number of nitrogens with one attached hydrogen (secondary N) is 1. The van der Waals surface area contributed by atoms with Crippen molar-refractivity contribution < 1.29 is 0 Å². The maximum Gasteiger partial charge on any atom is 0.143 e. The molecule has 1 aromatic heterocycles. The van der Waals surface area contributed by atoms with E-state index in [1.165, 1.54) is 10.5 Å². The average molecular weight is 324 g/mol. The molecule has 1 aromatic carbocycles. The van der Waals surface area contributed by atoms with Crippen LogP contribution in [0.3, 0.4) is 0 Å². The molecule has 0 amide bonds. The molecule has 1 N–H and O–H groups in total. The summed E-state index contributed by atoms with van der Waals surface area (Å²) in [5, 5.41) is 3.03. The number of hydrogen-bond acceptors (Lipinski definition) is 4. The van der Waals surface area contributed by atoms with Crippen LogP contribution in [0.5, 0.6) is 0 Å². The zero-order chi connectivity index (χ0) is 13.0. The van der Waals surface area contributed by atoms with E-state index in [2.05, 4.69) is 62.4 Å². The predicted octanol–water partition coefficient (Wildman–Crippen LogP) is 3.88. The van der Waals surface area contributed by atoms with Crippen LogP contribution in [-0.4, -0.2) is 17.0 Å². The molecule has 18 heavy (non-hydrogen) atoms. The normalized spacial score (nSPS) is 10.4. The molecule has 0 saturated heterocycles. The Labute approximate surface area is 120 Å². The van der Waals surface area contributed by atoms with Crippen LogP contribution in [0.2, 0.25) is 0 Å². The fraction of sp³-hybridized carbons (Fsp3) is 0.231. The van der Waals surface area contributed by atoms with Crippen molar-refractivity contribution in [1.82, 2.24) is 9.97 Å². The monoisotopic (exact) mass is 323 g/mol. The second kappa shape index (κ2) is 6.20. The summed E-state index contributed by atoms with van der Waals surface area (Å²) < 4.78 is 0.883. The van der Waals surface area contributed by atoms with Crippen LogP contribution in [-0.2, 0) is 5.75 Å². The van der Waals surface area contributed by atoms with Crippen molar-refractivity contribution in [2.24, 2.45) is 0 Å². The highest BCUT2D eigenvalue weighted by Crippen LogP contribution is 2.24. The van der Waals surface area contributed by atoms with Crippen LogP contribution < -0.4 is 5.32 Å². The van der Waals surface area contributed by atoms with Crippen molar-refractivity contribution in [3.05, 3.63) is 46.3 Å². The number of nitrogens with zero attached hydrogens (tertiary/aromatic N) is 2. The molecule has 94 valence electrons. The van der Waals surface area contributed by atoms with E-state index in [4.69, 9.17) is 0 Å². The van der Waals surface area contributed by atoms with Crippen molar-refractivity contribution >= 4 is 33.5 Å². The molecule has 0 atom stereocenters. The van der Waals surface area contributed by atoms with Crippen LogP contribution >= 0.6 is 27.7 Å². The van der Waals surface area contributed by atoms with Gasteiger partial charge in [-0.1, -0.05) is 17.7 Å². The third kappa shape index (κ3) is 3.46. The van der Waals surface area contributed by atoms with Gasteiger partial charge in [0, 0.05) is 18.1 Å². The zero-order valence-electron chi connectivity index (χ0n) is 10.3. The SMILES string of the molecule is CNc1nc(CSc2ccc(C)cc2)ncc1Br. The largest absolute Gasteiger partial charge is 0.372 e. The Hall–Kier alpha value is -1.07. The minimum atomic E-state index is 0.769. The maximum absolute atomic E-state index is 4.43. The molecule has 0 fully saturated rings. The van der Waals surface area contributed by atoms with Gasteiger partial charge in [0.2, 0.25) is 0 Å². The van der Waals surface area contributed by atoms with Crippen LogP contribution in [0.1, 0.15) is 11.4 Å². The highest BCUT2D eigenvalue weighted by molar-refractivity contribution is 9.10. The van der Waals surface area contributed by atoms with Crippen molar-refractivity contribution in [3.8, 4) is 0 Å². The number of thioether (sulfide) groups is 1. The molecule has 0 spiro atoms. The molecule has 2 rings (SSSR count). The molecule has 0 unspecified atom stereocenters. The first-order chi connectivity index (χ1) is 8.69. The van der Waals surface area contributed by atoms with Gasteiger partial charge in [0.25, 0.3) is 0 Å². The summed E-state index contributed by atoms with van der Waals surface area (Å²) in [7, 11) is 1.85. The van der Waals surface area contributed by atoms with E-state index in [0.717, 1.165) is 21.9 Å². The number of aromatic nitrogens is 2. The van der Waals surface area contributed by atoms with Gasteiger partial charge in [0.1, 0.15) is 11.6 Å². The lowest BCUT2D eigenvalue weighted by atomic mass is 10.2. The Morgan fingerprint density at radius 2 is 2.00 bits per heavy atom. The van der Waals surface area contributed by atoms with Crippen molar-refractivity contribution in [3.63, 3.8) is 0 Å². The standard InChI is InChI=1S/C13H14BrN3S/c1-9-3-5-10(6-4-9)18-8-12-16-7-11(14)13(15-2)17-12/h3-7H,8H2,1-2H3,(H,15,16,17). The van der Waals surface area contributed by atoms with Gasteiger partial charge >= 0.3 is 0 Å². The van der Waals surface area contributed by atoms with E-state index < -0.39 is 0 Å². The van der Waals surface area contributed by atoms with E-state index in [0.29, 0.717) is 0 Å². The number of hydrogen-bond donors (Lipinski definition) is 1. The quantitative estimate of drug-likeness (QED) is 0.866. The van der Waals surface area contributed by atoms with E-state index in [1.54, 1.807) is 18.0 Å². The van der Waals surface area contributed by atoms with Crippen molar-refractivity contribution in [1.29, 1.82) is 0 Å². The van der Waals surface area contributed by atoms with E-state index >= 15 is 0 Å². The lowest BCUT2D eigenvalue weighted by Crippen LogP contribution is -1.99. The smallest absolute Gasteiger partial charge is 0.143 e. The molecular formula is C13H14BrN3S. The Morgan fingerprint density at radius 1 is 1.28 bits per heavy atom. The molecule has 0 saturated carbocycles. The van der Waals surface area contributed by atoms with Crippen molar-refractivity contribution in [2.75, 3.05) is 12.4 Å². The van der Waals surface area contributed by atoms with Gasteiger partial charge in [-0.05, 0) is 35.0 Å². The van der Waals surface area contributed by atoms with Crippen molar-refractivity contribution in [2.45, 2.75) is 17.6 Å². The minimum Gasteiger partial charge on any atom is -0.372 e. The molecule has 0 bridgehead atoms. The maximum atomic E-state index is 4.43. The average Bonchev–Trinajstić information content (AvgIpc) is 2.39. The summed E-state index contributed by atoms with van der Waals surface area (Å²) in [6, 6.07) is 8.48. The second-order valence-corrected chi connectivity index (χ2v) is 5.74. The zero-order valence-corrected chi connectivity index (χ0v) is 12.7. The highest BCUT2D eigenvalue weighted by Gasteiger charge is 2.04. The Balaban J connectivity index is 2.04. The Morgan fingerprint density at radius 3 is 2.67 bits per heavy atom. The molecular weight excluding hydrogens is 310 g/mol. The van der Waals surface area contributed by atoms with Crippen LogP contribution in [0.15, 0.2) is 39.8 Å². The van der Waals surface area contributed by atoms with Gasteiger partial charge in [-0.2, -0.15) is 0 Å². The minimum absolute atomic E-state index is 0.769. The number of halogens is 1. The summed E-state index contributed by atoms with van der Waals surface area (Å²) in [5.41, 5.74) is 1.27. The first kappa shape index (κ1) is 13.4. The van der Waals surface area contributed by atoms with Gasteiger partial charge < -0.3 is 5.32 Å². The van der Waals surface area contributed by atoms with E-state index in [1.807, 2.05) is 7.05 Å². The first-order valence-electron chi connectivity index (χ1n) is 5.57. The van der Waals surface area contributed by atoms with Crippen LogP contribution in [0, 0.1) is 6.92 Å². The molecule has 1 heterocycles. The molecule has 5 heteroatoms. The highest BCUT2D eigenvalue weighted by atomic mass is 79.9. The fourth-order valence-electron chi connectivity index (χ4n) is 1.43. The number of aryl methyl sites for hydroxylation is 1. The van der Waals surface area contributed by atoms with Crippen LogP contribution in [0.25, 0.3) is 0 Å². The summed E-state index contributed by atoms with van der Waals surface area (Å²) in [6.07, 6.45) is 1.78. The van der Waals surface area contributed by atoms with Gasteiger partial charge in [0.05, 0.1) is 10.2 Å². The lowest BCUT2D eigenvalue weighted by molar-refractivity contribution is 1.02.